The maximum Gasteiger partial charge on any atom is 0.338 e. The fourth-order valence-electron chi connectivity index (χ4n) is 2.69. The fraction of sp³-hybridized carbons (Fsp3) is 0.0909. The Morgan fingerprint density at radius 2 is 1.00 bits per heavy atom. The molecule has 0 fully saturated rings. The highest BCUT2D eigenvalue weighted by atomic mass is 16.6. The predicted molar refractivity (Wildman–Crippen MR) is 105 cm³/mol. The van der Waals surface area contributed by atoms with Crippen LogP contribution in [0.4, 0.5) is 0 Å². The standard InChI is InChI=1S/C12H8O4.C10H8O4/c13-11(14)9-3-1-7-5-10(12(15)16)4-2-8(7)6-9;11-9-7-1-2-8(4-3-7)10(12)14-6-5-13-9/h1-6H,(H,13,14)(H,15,16);1-4H,5-6H2. The van der Waals surface area contributed by atoms with Crippen molar-refractivity contribution >= 4 is 34.6 Å². The molecule has 0 amide bonds. The lowest BCUT2D eigenvalue weighted by atomic mass is 10.0. The number of carbonyl (C=O) groups excluding carboxylic acids is 2. The van der Waals surface area contributed by atoms with Crippen molar-refractivity contribution in [3.8, 4) is 0 Å². The summed E-state index contributed by atoms with van der Waals surface area (Å²) in [6.07, 6.45) is 0. The van der Waals surface area contributed by atoms with Gasteiger partial charge in [-0.05, 0) is 59.3 Å². The minimum atomic E-state index is -0.996. The molecule has 0 saturated carbocycles. The van der Waals surface area contributed by atoms with Gasteiger partial charge in [0.2, 0.25) is 0 Å². The molecule has 0 aromatic heterocycles. The number of aromatic carboxylic acids is 2. The number of hydrogen-bond donors (Lipinski definition) is 2. The van der Waals surface area contributed by atoms with E-state index in [9.17, 15) is 19.2 Å². The molecule has 3 aromatic carbocycles. The molecule has 0 atom stereocenters. The zero-order chi connectivity index (χ0) is 21.7. The molecule has 0 radical (unpaired) electrons. The highest BCUT2D eigenvalue weighted by Crippen LogP contribution is 2.18. The number of carboxylic acid groups (broad SMARTS) is 2. The molecule has 2 heterocycles. The van der Waals surface area contributed by atoms with Crippen LogP contribution in [-0.2, 0) is 9.47 Å². The van der Waals surface area contributed by atoms with Gasteiger partial charge in [0.1, 0.15) is 13.2 Å². The summed E-state index contributed by atoms with van der Waals surface area (Å²) in [5.74, 6) is -2.78. The minimum Gasteiger partial charge on any atom is -0.478 e. The second kappa shape index (κ2) is 8.87. The van der Waals surface area contributed by atoms with E-state index in [0.717, 1.165) is 0 Å². The van der Waals surface area contributed by atoms with Crippen LogP contribution < -0.4 is 0 Å². The van der Waals surface area contributed by atoms with Gasteiger partial charge in [-0.1, -0.05) is 12.1 Å². The summed E-state index contributed by atoms with van der Waals surface area (Å²) in [6.45, 7) is 0.200. The van der Waals surface area contributed by atoms with E-state index in [1.54, 1.807) is 36.4 Å². The first kappa shape index (κ1) is 20.5. The molecule has 8 heteroatoms. The average Bonchev–Trinajstić information content (AvgIpc) is 2.76. The van der Waals surface area contributed by atoms with Gasteiger partial charge in [0, 0.05) is 0 Å². The van der Waals surface area contributed by atoms with Crippen LogP contribution >= 0.6 is 0 Å². The molecule has 8 nitrogen and oxygen atoms in total. The molecule has 2 aliphatic rings. The van der Waals surface area contributed by atoms with E-state index >= 15 is 0 Å². The van der Waals surface area contributed by atoms with Crippen LogP contribution in [-0.4, -0.2) is 47.3 Å². The van der Waals surface area contributed by atoms with Gasteiger partial charge in [-0.25, -0.2) is 19.2 Å². The number of fused-ring (bicyclic) bond motifs is 8. The van der Waals surface area contributed by atoms with E-state index in [4.69, 9.17) is 19.7 Å². The molecule has 30 heavy (non-hydrogen) atoms. The van der Waals surface area contributed by atoms with Gasteiger partial charge in [0.15, 0.2) is 0 Å². The highest BCUT2D eigenvalue weighted by molar-refractivity contribution is 5.98. The first-order valence-electron chi connectivity index (χ1n) is 8.80. The molecule has 3 aromatic rings. The third-order valence-electron chi connectivity index (χ3n) is 4.24. The van der Waals surface area contributed by atoms with Crippen LogP contribution in [0.25, 0.3) is 10.8 Å². The monoisotopic (exact) mass is 408 g/mol. The second-order valence-corrected chi connectivity index (χ2v) is 6.24. The van der Waals surface area contributed by atoms with Crippen LogP contribution in [0.2, 0.25) is 0 Å². The van der Waals surface area contributed by atoms with Crippen LogP contribution in [0.15, 0.2) is 60.7 Å². The van der Waals surface area contributed by atoms with Crippen LogP contribution in [0.3, 0.4) is 0 Å². The maximum atomic E-state index is 11.3. The number of hydrogen-bond acceptors (Lipinski definition) is 6. The second-order valence-electron chi connectivity index (χ2n) is 6.24. The van der Waals surface area contributed by atoms with Gasteiger partial charge in [0.25, 0.3) is 0 Å². The first-order chi connectivity index (χ1) is 14.3. The van der Waals surface area contributed by atoms with Crippen molar-refractivity contribution in [2.75, 3.05) is 13.2 Å². The zero-order valence-electron chi connectivity index (χ0n) is 15.5. The molecule has 2 N–H and O–H groups in total. The molecule has 152 valence electrons. The van der Waals surface area contributed by atoms with Gasteiger partial charge in [-0.2, -0.15) is 0 Å². The third-order valence-corrected chi connectivity index (χ3v) is 4.24. The Balaban J connectivity index is 0.000000172. The Morgan fingerprint density at radius 3 is 1.33 bits per heavy atom. The molecule has 2 aliphatic heterocycles. The summed E-state index contributed by atoms with van der Waals surface area (Å²) in [5, 5.41) is 19.0. The molecule has 0 aliphatic carbocycles. The average molecular weight is 408 g/mol. The quantitative estimate of drug-likeness (QED) is 0.619. The predicted octanol–water partition coefficient (Wildman–Crippen LogP) is 3.25. The summed E-state index contributed by atoms with van der Waals surface area (Å²) >= 11 is 0. The van der Waals surface area contributed by atoms with Gasteiger partial charge in [0.05, 0.1) is 22.3 Å². The Labute approximate surface area is 170 Å². The molecule has 0 spiro atoms. The fourth-order valence-corrected chi connectivity index (χ4v) is 2.69. The lowest BCUT2D eigenvalue weighted by Gasteiger charge is -2.09. The molecule has 0 saturated heterocycles. The van der Waals surface area contributed by atoms with Gasteiger partial charge in [-0.3, -0.25) is 0 Å². The third kappa shape index (κ3) is 4.79. The van der Waals surface area contributed by atoms with Gasteiger partial charge in [-0.15, -0.1) is 0 Å². The molecular weight excluding hydrogens is 392 g/mol. The number of carbonyl (C=O) groups is 4. The van der Waals surface area contributed by atoms with E-state index in [1.807, 2.05) is 0 Å². The molecule has 0 unspecified atom stereocenters. The van der Waals surface area contributed by atoms with E-state index in [2.05, 4.69) is 0 Å². The van der Waals surface area contributed by atoms with Crippen molar-refractivity contribution in [2.24, 2.45) is 0 Å². The Bertz CT molecular complexity index is 1040. The number of carboxylic acids is 2. The van der Waals surface area contributed by atoms with Crippen molar-refractivity contribution in [3.05, 3.63) is 82.9 Å². The largest absolute Gasteiger partial charge is 0.478 e. The number of ether oxygens (including phenoxy) is 2. The molecule has 2 bridgehead atoms. The minimum absolute atomic E-state index is 0.100. The van der Waals surface area contributed by atoms with Crippen molar-refractivity contribution < 1.29 is 38.9 Å². The van der Waals surface area contributed by atoms with Crippen LogP contribution in [0.1, 0.15) is 41.4 Å². The maximum absolute atomic E-state index is 11.3. The van der Waals surface area contributed by atoms with Crippen LogP contribution in [0.5, 0.6) is 0 Å². The van der Waals surface area contributed by atoms with Gasteiger partial charge >= 0.3 is 23.9 Å². The van der Waals surface area contributed by atoms with E-state index in [1.165, 1.54) is 24.3 Å². The smallest absolute Gasteiger partial charge is 0.338 e. The Morgan fingerprint density at radius 1 is 0.633 bits per heavy atom. The SMILES string of the molecule is O=C(O)c1ccc2cc(C(=O)O)ccc2c1.O=C1OCCOC(=O)c2ccc1cc2. The molecular formula is C22H16O8. The summed E-state index contributed by atoms with van der Waals surface area (Å²) < 4.78 is 9.66. The number of benzene rings is 3. The Kier molecular flexibility index (Phi) is 6.07. The van der Waals surface area contributed by atoms with E-state index in [-0.39, 0.29) is 24.3 Å². The summed E-state index contributed by atoms with van der Waals surface area (Å²) in [4.78, 5) is 44.0. The van der Waals surface area contributed by atoms with Crippen molar-refractivity contribution in [1.29, 1.82) is 0 Å². The Hall–Kier alpha value is -4.20. The van der Waals surface area contributed by atoms with Crippen molar-refractivity contribution in [3.63, 3.8) is 0 Å². The highest BCUT2D eigenvalue weighted by Gasteiger charge is 2.13. The van der Waals surface area contributed by atoms with Crippen LogP contribution in [0, 0.1) is 0 Å². The topological polar surface area (TPSA) is 127 Å². The van der Waals surface area contributed by atoms with Crippen molar-refractivity contribution in [1.82, 2.24) is 0 Å². The lowest BCUT2D eigenvalue weighted by molar-refractivity contribution is 0.0260. The number of esters is 2. The summed E-state index contributed by atoms with van der Waals surface area (Å²) in [7, 11) is 0. The summed E-state index contributed by atoms with van der Waals surface area (Å²) in [5.41, 5.74) is 1.28. The van der Waals surface area contributed by atoms with E-state index < -0.39 is 23.9 Å². The van der Waals surface area contributed by atoms with E-state index in [0.29, 0.717) is 21.9 Å². The number of rotatable bonds is 2. The molecule has 5 rings (SSSR count). The van der Waals surface area contributed by atoms with Gasteiger partial charge < -0.3 is 19.7 Å². The normalized spacial score (nSPS) is 12.9. The lowest BCUT2D eigenvalue weighted by Crippen LogP contribution is -2.16. The van der Waals surface area contributed by atoms with Crippen molar-refractivity contribution in [2.45, 2.75) is 0 Å². The summed E-state index contributed by atoms with van der Waals surface area (Å²) in [6, 6.07) is 15.3. The first-order valence-corrected chi connectivity index (χ1v) is 8.80. The zero-order valence-corrected chi connectivity index (χ0v) is 15.5.